The minimum Gasteiger partial charge on any atom is -0.330 e. The van der Waals surface area contributed by atoms with E-state index in [0.29, 0.717) is 27.9 Å². The Bertz CT molecular complexity index is 862. The highest BCUT2D eigenvalue weighted by Gasteiger charge is 2.40. The van der Waals surface area contributed by atoms with E-state index in [1.165, 1.54) is 11.8 Å². The van der Waals surface area contributed by atoms with Gasteiger partial charge in [-0.25, -0.2) is 9.50 Å². The zero-order chi connectivity index (χ0) is 19.9. The molecule has 1 aliphatic rings. The van der Waals surface area contributed by atoms with Crippen molar-refractivity contribution >= 4 is 23.4 Å². The molecule has 27 heavy (non-hydrogen) atoms. The first-order valence-electron chi connectivity index (χ1n) is 8.73. The summed E-state index contributed by atoms with van der Waals surface area (Å²) in [5.74, 6) is 0.0341. The van der Waals surface area contributed by atoms with Crippen molar-refractivity contribution in [2.45, 2.75) is 57.4 Å². The molecule has 0 spiro atoms. The summed E-state index contributed by atoms with van der Waals surface area (Å²) < 4.78 is 40.6. The summed E-state index contributed by atoms with van der Waals surface area (Å²) in [5, 5.41) is 4.87. The number of rotatable bonds is 6. The molecule has 0 aromatic carbocycles. The van der Waals surface area contributed by atoms with Gasteiger partial charge in [-0.15, -0.1) is 5.10 Å². The Morgan fingerprint density at radius 1 is 1.33 bits per heavy atom. The molecule has 10 heteroatoms. The third kappa shape index (κ3) is 4.36. The fourth-order valence-corrected chi connectivity index (χ4v) is 3.61. The fraction of sp³-hybridized carbons (Fsp3) is 0.647. The monoisotopic (exact) mass is 401 g/mol. The van der Waals surface area contributed by atoms with E-state index in [1.807, 2.05) is 6.26 Å². The normalized spacial score (nSPS) is 16.0. The van der Waals surface area contributed by atoms with E-state index in [1.54, 1.807) is 25.3 Å². The van der Waals surface area contributed by atoms with Crippen molar-refractivity contribution in [3.8, 4) is 0 Å². The zero-order valence-corrected chi connectivity index (χ0v) is 16.5. The molecule has 1 fully saturated rings. The number of hydrogen-bond acceptors (Lipinski definition) is 5. The van der Waals surface area contributed by atoms with Gasteiger partial charge in [0, 0.05) is 23.0 Å². The maximum Gasteiger partial charge on any atom is 0.406 e. The molecule has 3 rings (SSSR count). The second-order valence-electron chi connectivity index (χ2n) is 6.96. The Hall–Kier alpha value is -1.84. The molecule has 6 nitrogen and oxygen atoms in total. The third-order valence-corrected chi connectivity index (χ3v) is 5.54. The number of aromatic nitrogens is 4. The Morgan fingerprint density at radius 2 is 2.00 bits per heavy atom. The molecule has 1 unspecified atom stereocenters. The smallest absolute Gasteiger partial charge is 0.330 e. The molecular weight excluding hydrogens is 379 g/mol. The van der Waals surface area contributed by atoms with Gasteiger partial charge >= 0.3 is 6.18 Å². The first-order chi connectivity index (χ1) is 12.6. The van der Waals surface area contributed by atoms with Crippen molar-refractivity contribution in [3.05, 3.63) is 17.0 Å². The highest BCUT2D eigenvalue weighted by molar-refractivity contribution is 7.98. The van der Waals surface area contributed by atoms with Gasteiger partial charge < -0.3 is 4.90 Å². The van der Waals surface area contributed by atoms with Crippen LogP contribution in [0.3, 0.4) is 0 Å². The average molecular weight is 401 g/mol. The molecule has 0 radical (unpaired) electrons. The minimum atomic E-state index is -4.43. The van der Waals surface area contributed by atoms with Crippen molar-refractivity contribution in [1.29, 1.82) is 0 Å². The van der Waals surface area contributed by atoms with Gasteiger partial charge in [0.2, 0.25) is 11.1 Å². The number of nitrogens with zero attached hydrogens (tertiary/aromatic N) is 5. The van der Waals surface area contributed by atoms with Crippen molar-refractivity contribution in [1.82, 2.24) is 24.5 Å². The van der Waals surface area contributed by atoms with E-state index < -0.39 is 24.7 Å². The maximum absolute atomic E-state index is 13.0. The standard InChI is InChI=1S/C17H22F3N5OS/c1-9-13(11(3)25-15(21-9)22-16(23-25)27-4)7-14(26)24(8-17(18,19)20)10(2)12-5-6-12/h10,12H,5-8H2,1-4H3. The second-order valence-corrected chi connectivity index (χ2v) is 7.74. The molecule has 2 heterocycles. The molecule has 0 aliphatic heterocycles. The van der Waals surface area contributed by atoms with Crippen LogP contribution in [0.2, 0.25) is 0 Å². The van der Waals surface area contributed by atoms with Gasteiger partial charge in [0.05, 0.1) is 6.42 Å². The molecule has 148 valence electrons. The third-order valence-electron chi connectivity index (χ3n) is 5.01. The highest BCUT2D eigenvalue weighted by Crippen LogP contribution is 2.36. The van der Waals surface area contributed by atoms with Gasteiger partial charge in [-0.2, -0.15) is 18.2 Å². The van der Waals surface area contributed by atoms with Crippen LogP contribution in [0.15, 0.2) is 5.16 Å². The lowest BCUT2D eigenvalue weighted by Gasteiger charge is -2.30. The molecule has 0 bridgehead atoms. The van der Waals surface area contributed by atoms with Gasteiger partial charge in [-0.05, 0) is 45.8 Å². The van der Waals surface area contributed by atoms with E-state index >= 15 is 0 Å². The predicted octanol–water partition coefficient (Wildman–Crippen LogP) is 3.19. The van der Waals surface area contributed by atoms with Crippen LogP contribution in [-0.2, 0) is 11.2 Å². The van der Waals surface area contributed by atoms with Crippen LogP contribution >= 0.6 is 11.8 Å². The quantitative estimate of drug-likeness (QED) is 0.696. The SMILES string of the molecule is CSc1nc2nc(C)c(CC(=O)N(CC(F)(F)F)C(C)C3CC3)c(C)n2n1. The number of halogens is 3. The van der Waals surface area contributed by atoms with Gasteiger partial charge in [0.1, 0.15) is 6.54 Å². The Kier molecular flexibility index (Phi) is 5.38. The molecular formula is C17H22F3N5OS. The second kappa shape index (κ2) is 7.29. The van der Waals surface area contributed by atoms with Crippen LogP contribution in [0, 0.1) is 19.8 Å². The number of alkyl halides is 3. The highest BCUT2D eigenvalue weighted by atomic mass is 32.2. The summed E-state index contributed by atoms with van der Waals surface area (Å²) in [6.07, 6.45) is -0.988. The molecule has 0 saturated heterocycles. The lowest BCUT2D eigenvalue weighted by atomic mass is 10.1. The Balaban J connectivity index is 1.90. The zero-order valence-electron chi connectivity index (χ0n) is 15.7. The lowest BCUT2D eigenvalue weighted by molar-refractivity contribution is -0.165. The fourth-order valence-electron chi connectivity index (χ4n) is 3.27. The number of hydrogen-bond donors (Lipinski definition) is 0. The summed E-state index contributed by atoms with van der Waals surface area (Å²) in [6.45, 7) is 3.99. The first-order valence-corrected chi connectivity index (χ1v) is 9.96. The van der Waals surface area contributed by atoms with Gasteiger partial charge in [-0.1, -0.05) is 11.8 Å². The largest absolute Gasteiger partial charge is 0.406 e. The Labute approximate surface area is 159 Å². The molecule has 1 aliphatic carbocycles. The van der Waals surface area contributed by atoms with Crippen LogP contribution in [0.5, 0.6) is 0 Å². The van der Waals surface area contributed by atoms with E-state index in [9.17, 15) is 18.0 Å². The van der Waals surface area contributed by atoms with Crippen molar-refractivity contribution in [2.24, 2.45) is 5.92 Å². The maximum atomic E-state index is 13.0. The van der Waals surface area contributed by atoms with Gasteiger partial charge in [0.15, 0.2) is 0 Å². The van der Waals surface area contributed by atoms with Crippen molar-refractivity contribution < 1.29 is 18.0 Å². The van der Waals surface area contributed by atoms with Gasteiger partial charge in [-0.3, -0.25) is 4.79 Å². The number of thioether (sulfide) groups is 1. The minimum absolute atomic E-state index is 0.137. The molecule has 1 amide bonds. The summed E-state index contributed by atoms with van der Waals surface area (Å²) in [4.78, 5) is 22.4. The topological polar surface area (TPSA) is 63.4 Å². The molecule has 0 N–H and O–H groups in total. The van der Waals surface area contributed by atoms with Crippen LogP contribution < -0.4 is 0 Å². The van der Waals surface area contributed by atoms with Crippen LogP contribution in [0.25, 0.3) is 5.78 Å². The van der Waals surface area contributed by atoms with Crippen molar-refractivity contribution in [2.75, 3.05) is 12.8 Å². The van der Waals surface area contributed by atoms with Crippen LogP contribution in [0.1, 0.15) is 36.7 Å². The molecule has 1 saturated carbocycles. The van der Waals surface area contributed by atoms with E-state index in [0.717, 1.165) is 17.7 Å². The summed E-state index contributed by atoms with van der Waals surface area (Å²) in [6, 6.07) is -0.425. The Morgan fingerprint density at radius 3 is 2.56 bits per heavy atom. The summed E-state index contributed by atoms with van der Waals surface area (Å²) >= 11 is 1.37. The summed E-state index contributed by atoms with van der Waals surface area (Å²) in [5.41, 5.74) is 1.85. The van der Waals surface area contributed by atoms with Gasteiger partial charge in [0.25, 0.3) is 5.78 Å². The molecule has 2 aromatic heterocycles. The molecule has 1 atom stereocenters. The van der Waals surface area contributed by atoms with E-state index in [4.69, 9.17) is 0 Å². The first kappa shape index (κ1) is 19.9. The predicted molar refractivity (Wildman–Crippen MR) is 95.7 cm³/mol. The number of aryl methyl sites for hydroxylation is 2. The van der Waals surface area contributed by atoms with Crippen LogP contribution in [0.4, 0.5) is 13.2 Å². The van der Waals surface area contributed by atoms with Crippen LogP contribution in [-0.4, -0.2) is 55.4 Å². The molecule has 2 aromatic rings. The summed E-state index contributed by atoms with van der Waals surface area (Å²) in [7, 11) is 0. The number of amides is 1. The van der Waals surface area contributed by atoms with E-state index in [-0.39, 0.29) is 12.3 Å². The average Bonchev–Trinajstić information content (AvgIpc) is 3.35. The number of fused-ring (bicyclic) bond motifs is 1. The van der Waals surface area contributed by atoms with Crippen molar-refractivity contribution in [3.63, 3.8) is 0 Å². The number of carbonyl (C=O) groups excluding carboxylic acids is 1. The lowest BCUT2D eigenvalue weighted by Crippen LogP contribution is -2.46. The number of carbonyl (C=O) groups is 1. The van der Waals surface area contributed by atoms with E-state index in [2.05, 4.69) is 15.1 Å².